The van der Waals surface area contributed by atoms with E-state index in [2.05, 4.69) is 10.3 Å². The Bertz CT molecular complexity index is 537. The number of carboxylic acid groups (broad SMARTS) is 1. The molecule has 0 radical (unpaired) electrons. The molecule has 0 aliphatic carbocycles. The summed E-state index contributed by atoms with van der Waals surface area (Å²) in [6.07, 6.45) is 1.57. The number of carboxylic acids is 1. The quantitative estimate of drug-likeness (QED) is 0.865. The number of hydrogen-bond acceptors (Lipinski definition) is 4. The monoisotopic (exact) mass is 262 g/mol. The van der Waals surface area contributed by atoms with Gasteiger partial charge in [0.1, 0.15) is 4.88 Å². The van der Waals surface area contributed by atoms with Gasteiger partial charge in [0, 0.05) is 5.69 Å². The van der Waals surface area contributed by atoms with Crippen molar-refractivity contribution in [2.45, 2.75) is 19.8 Å². The predicted molar refractivity (Wildman–Crippen MR) is 72.8 cm³/mol. The molecule has 1 aromatic carbocycles. The summed E-state index contributed by atoms with van der Waals surface area (Å²) < 4.78 is 0. The molecule has 0 bridgehead atoms. The smallest absolute Gasteiger partial charge is 0.347 e. The molecule has 0 spiro atoms. The maximum atomic E-state index is 11.1. The molecule has 4 nitrogen and oxygen atoms in total. The fraction of sp³-hybridized carbons (Fsp3) is 0.231. The molecule has 2 rings (SSSR count). The van der Waals surface area contributed by atoms with Crippen molar-refractivity contribution in [2.24, 2.45) is 0 Å². The third-order valence-corrected chi connectivity index (χ3v) is 3.40. The summed E-state index contributed by atoms with van der Waals surface area (Å²) >= 11 is 1.18. The van der Waals surface area contributed by atoms with Crippen molar-refractivity contribution in [3.05, 3.63) is 40.9 Å². The van der Waals surface area contributed by atoms with Crippen molar-refractivity contribution in [1.29, 1.82) is 0 Å². The maximum Gasteiger partial charge on any atom is 0.347 e. The number of nitrogens with one attached hydrogen (secondary N) is 1. The number of para-hydroxylation sites is 1. The Kier molecular flexibility index (Phi) is 3.94. The fourth-order valence-corrected chi connectivity index (χ4v) is 2.49. The van der Waals surface area contributed by atoms with Crippen molar-refractivity contribution >= 4 is 28.1 Å². The van der Waals surface area contributed by atoms with Gasteiger partial charge >= 0.3 is 5.97 Å². The number of nitrogens with zero attached hydrogens (tertiary/aromatic N) is 1. The minimum atomic E-state index is -0.905. The lowest BCUT2D eigenvalue weighted by Gasteiger charge is -2.00. The van der Waals surface area contributed by atoms with Crippen LogP contribution in [-0.2, 0) is 6.42 Å². The first kappa shape index (κ1) is 12.6. The molecular formula is C13H14N2O2S. The van der Waals surface area contributed by atoms with E-state index in [0.29, 0.717) is 22.1 Å². The van der Waals surface area contributed by atoms with E-state index < -0.39 is 5.97 Å². The molecule has 0 fully saturated rings. The number of aryl methyl sites for hydroxylation is 1. The molecule has 2 N–H and O–H groups in total. The van der Waals surface area contributed by atoms with Crippen LogP contribution in [0.3, 0.4) is 0 Å². The summed E-state index contributed by atoms with van der Waals surface area (Å²) in [7, 11) is 0. The second kappa shape index (κ2) is 5.64. The highest BCUT2D eigenvalue weighted by Crippen LogP contribution is 2.26. The topological polar surface area (TPSA) is 62.2 Å². The average molecular weight is 262 g/mol. The molecule has 0 unspecified atom stereocenters. The van der Waals surface area contributed by atoms with E-state index in [-0.39, 0.29) is 0 Å². The van der Waals surface area contributed by atoms with Crippen LogP contribution in [0.15, 0.2) is 30.3 Å². The molecule has 0 saturated carbocycles. The van der Waals surface area contributed by atoms with Gasteiger partial charge in [0.2, 0.25) is 0 Å². The van der Waals surface area contributed by atoms with Crippen molar-refractivity contribution in [3.8, 4) is 0 Å². The van der Waals surface area contributed by atoms with Gasteiger partial charge in [-0.25, -0.2) is 9.78 Å². The fourth-order valence-electron chi connectivity index (χ4n) is 1.62. The summed E-state index contributed by atoms with van der Waals surface area (Å²) in [6, 6.07) is 9.60. The highest BCUT2D eigenvalue weighted by Gasteiger charge is 2.16. The first-order chi connectivity index (χ1) is 8.70. The second-order valence-corrected chi connectivity index (χ2v) is 4.84. The van der Waals surface area contributed by atoms with Crippen molar-refractivity contribution < 1.29 is 9.90 Å². The van der Waals surface area contributed by atoms with E-state index in [1.54, 1.807) is 0 Å². The first-order valence-corrected chi connectivity index (χ1v) is 6.57. The van der Waals surface area contributed by atoms with Crippen LogP contribution in [-0.4, -0.2) is 16.1 Å². The normalized spacial score (nSPS) is 10.3. The van der Waals surface area contributed by atoms with Gasteiger partial charge in [-0.1, -0.05) is 42.9 Å². The number of carbonyl (C=O) groups is 1. The van der Waals surface area contributed by atoms with E-state index in [0.717, 1.165) is 12.1 Å². The predicted octanol–water partition coefficient (Wildman–Crippen LogP) is 3.54. The average Bonchev–Trinajstić information content (AvgIpc) is 2.74. The minimum Gasteiger partial charge on any atom is -0.477 e. The van der Waals surface area contributed by atoms with E-state index in [9.17, 15) is 4.79 Å². The maximum absolute atomic E-state index is 11.1. The van der Waals surface area contributed by atoms with Crippen LogP contribution in [0.25, 0.3) is 0 Å². The molecule has 18 heavy (non-hydrogen) atoms. The Morgan fingerprint density at radius 3 is 2.72 bits per heavy atom. The van der Waals surface area contributed by atoms with Crippen LogP contribution in [0.5, 0.6) is 0 Å². The van der Waals surface area contributed by atoms with Crippen LogP contribution in [0, 0.1) is 0 Å². The van der Waals surface area contributed by atoms with Gasteiger partial charge in [-0.3, -0.25) is 0 Å². The number of aromatic nitrogens is 1. The van der Waals surface area contributed by atoms with E-state index in [1.165, 1.54) is 11.3 Å². The molecule has 1 heterocycles. The van der Waals surface area contributed by atoms with Gasteiger partial charge in [0.25, 0.3) is 0 Å². The molecule has 0 aliphatic heterocycles. The van der Waals surface area contributed by atoms with Crippen LogP contribution < -0.4 is 5.32 Å². The number of benzene rings is 1. The Hall–Kier alpha value is -1.88. The first-order valence-electron chi connectivity index (χ1n) is 5.75. The zero-order valence-electron chi connectivity index (χ0n) is 10.0. The lowest BCUT2D eigenvalue weighted by molar-refractivity contribution is 0.0700. The zero-order chi connectivity index (χ0) is 13.0. The lowest BCUT2D eigenvalue weighted by atomic mass is 10.2. The molecule has 0 saturated heterocycles. The highest BCUT2D eigenvalue weighted by atomic mass is 32.1. The number of thiazole rings is 1. The van der Waals surface area contributed by atoms with E-state index in [4.69, 9.17) is 5.11 Å². The van der Waals surface area contributed by atoms with Crippen molar-refractivity contribution in [1.82, 2.24) is 4.98 Å². The van der Waals surface area contributed by atoms with Crippen molar-refractivity contribution in [3.63, 3.8) is 0 Å². The number of rotatable bonds is 5. The van der Waals surface area contributed by atoms with Crippen LogP contribution in [0.1, 0.15) is 28.7 Å². The Balaban J connectivity index is 2.24. The molecule has 94 valence electrons. The molecule has 5 heteroatoms. The van der Waals surface area contributed by atoms with Gasteiger partial charge in [-0.15, -0.1) is 0 Å². The summed E-state index contributed by atoms with van der Waals surface area (Å²) in [5.41, 5.74) is 1.57. The van der Waals surface area contributed by atoms with E-state index >= 15 is 0 Å². The second-order valence-electron chi connectivity index (χ2n) is 3.84. The SMILES string of the molecule is CCCc1nc(Nc2ccccc2)sc1C(=O)O. The Labute approximate surface area is 109 Å². The zero-order valence-corrected chi connectivity index (χ0v) is 10.8. The molecule has 2 aromatic rings. The van der Waals surface area contributed by atoms with Gasteiger partial charge in [0.05, 0.1) is 5.69 Å². The number of anilines is 2. The van der Waals surface area contributed by atoms with Crippen LogP contribution >= 0.6 is 11.3 Å². The van der Waals surface area contributed by atoms with Crippen molar-refractivity contribution in [2.75, 3.05) is 5.32 Å². The summed E-state index contributed by atoms with van der Waals surface area (Å²) in [5.74, 6) is -0.905. The van der Waals surface area contributed by atoms with Gasteiger partial charge < -0.3 is 10.4 Å². The molecule has 0 amide bonds. The van der Waals surface area contributed by atoms with Gasteiger partial charge in [-0.05, 0) is 18.6 Å². The lowest BCUT2D eigenvalue weighted by Crippen LogP contribution is -1.98. The Morgan fingerprint density at radius 2 is 2.11 bits per heavy atom. The van der Waals surface area contributed by atoms with Crippen LogP contribution in [0.2, 0.25) is 0 Å². The largest absolute Gasteiger partial charge is 0.477 e. The van der Waals surface area contributed by atoms with Gasteiger partial charge in [0.15, 0.2) is 5.13 Å². The highest BCUT2D eigenvalue weighted by molar-refractivity contribution is 7.17. The molecular weight excluding hydrogens is 248 g/mol. The van der Waals surface area contributed by atoms with Gasteiger partial charge in [-0.2, -0.15) is 0 Å². The summed E-state index contributed by atoms with van der Waals surface area (Å²) in [5, 5.41) is 12.9. The third-order valence-electron chi connectivity index (χ3n) is 2.40. The standard InChI is InChI=1S/C13H14N2O2S/c1-2-6-10-11(12(16)17)18-13(15-10)14-9-7-4-3-5-8-9/h3-5,7-8H,2,6H2,1H3,(H,14,15)(H,16,17). The molecule has 0 aliphatic rings. The number of hydrogen-bond donors (Lipinski definition) is 2. The third kappa shape index (κ3) is 2.87. The summed E-state index contributed by atoms with van der Waals surface area (Å²) in [4.78, 5) is 15.8. The summed E-state index contributed by atoms with van der Waals surface area (Å²) in [6.45, 7) is 2.01. The molecule has 0 atom stereocenters. The minimum absolute atomic E-state index is 0.329. The van der Waals surface area contributed by atoms with E-state index in [1.807, 2.05) is 37.3 Å². The molecule has 1 aromatic heterocycles. The number of aromatic carboxylic acids is 1. The Morgan fingerprint density at radius 1 is 1.39 bits per heavy atom. The van der Waals surface area contributed by atoms with Crippen LogP contribution in [0.4, 0.5) is 10.8 Å².